The fourth-order valence-electron chi connectivity index (χ4n) is 0.535. The summed E-state index contributed by atoms with van der Waals surface area (Å²) in [6.45, 7) is 1.75. The second kappa shape index (κ2) is 4.27. The van der Waals surface area contributed by atoms with Crippen LogP contribution in [-0.4, -0.2) is 17.1 Å². The minimum absolute atomic E-state index is 0.130. The maximum atomic E-state index is 10.7. The number of nitrogens with zero attached hydrogens (tertiary/aromatic N) is 2. The number of oxazole rings is 1. The smallest absolute Gasteiger partial charge is 0.239 e. The lowest BCUT2D eigenvalue weighted by Gasteiger charge is -1.91. The molecule has 0 saturated heterocycles. The molecule has 1 aromatic rings. The zero-order chi connectivity index (χ0) is 8.81. The van der Waals surface area contributed by atoms with Crippen LogP contribution in [-0.2, 0) is 4.79 Å². The first-order valence-electron chi connectivity index (χ1n) is 3.53. The zero-order valence-corrected chi connectivity index (χ0v) is 6.65. The van der Waals surface area contributed by atoms with Crippen LogP contribution in [0.4, 0.5) is 0 Å². The summed E-state index contributed by atoms with van der Waals surface area (Å²) >= 11 is 0. The van der Waals surface area contributed by atoms with Crippen LogP contribution in [0.5, 0.6) is 0 Å². The summed E-state index contributed by atoms with van der Waals surface area (Å²) in [7, 11) is 0. The molecule has 1 heterocycles. The molecule has 64 valence electrons. The number of carbonyl (C=O) groups excluding carboxylic acids is 1. The van der Waals surface area contributed by atoms with Gasteiger partial charge in [0.2, 0.25) is 5.91 Å². The van der Waals surface area contributed by atoms with Crippen LogP contribution < -0.4 is 5.43 Å². The first-order chi connectivity index (χ1) is 5.83. The Kier molecular flexibility index (Phi) is 3.01. The molecule has 0 saturated carbocycles. The second-order valence-corrected chi connectivity index (χ2v) is 2.06. The number of hydrogen-bond acceptors (Lipinski definition) is 4. The van der Waals surface area contributed by atoms with E-state index < -0.39 is 0 Å². The number of nitrogens with one attached hydrogen (secondary N) is 1. The third kappa shape index (κ3) is 2.53. The molecule has 5 nitrogen and oxygen atoms in total. The Labute approximate surface area is 69.5 Å². The van der Waals surface area contributed by atoms with Crippen molar-refractivity contribution in [1.29, 1.82) is 0 Å². The van der Waals surface area contributed by atoms with Crippen LogP contribution in [0.2, 0.25) is 0 Å². The van der Waals surface area contributed by atoms with Gasteiger partial charge in [0.15, 0.2) is 6.39 Å². The summed E-state index contributed by atoms with van der Waals surface area (Å²) in [4.78, 5) is 14.4. The fourth-order valence-corrected chi connectivity index (χ4v) is 0.535. The molecule has 5 heteroatoms. The van der Waals surface area contributed by atoms with Gasteiger partial charge in [-0.15, -0.1) is 0 Å². The van der Waals surface area contributed by atoms with E-state index in [1.54, 1.807) is 6.92 Å². The van der Waals surface area contributed by atoms with Crippen molar-refractivity contribution in [3.8, 4) is 0 Å². The maximum absolute atomic E-state index is 10.7. The van der Waals surface area contributed by atoms with Gasteiger partial charge in [-0.3, -0.25) is 4.79 Å². The molecule has 1 amide bonds. The SMILES string of the molecule is CCC(=O)N/N=C/c1cocn1. The van der Waals surface area contributed by atoms with Crippen molar-refractivity contribution in [3.05, 3.63) is 18.4 Å². The van der Waals surface area contributed by atoms with Crippen molar-refractivity contribution < 1.29 is 9.21 Å². The molecule has 12 heavy (non-hydrogen) atoms. The van der Waals surface area contributed by atoms with Crippen LogP contribution in [0.15, 0.2) is 22.2 Å². The Hall–Kier alpha value is -1.65. The Morgan fingerprint density at radius 1 is 1.92 bits per heavy atom. The van der Waals surface area contributed by atoms with Crippen molar-refractivity contribution in [2.75, 3.05) is 0 Å². The van der Waals surface area contributed by atoms with Crippen molar-refractivity contribution in [2.45, 2.75) is 13.3 Å². The molecular formula is C7H9N3O2. The number of carbonyl (C=O) groups is 1. The van der Waals surface area contributed by atoms with E-state index in [9.17, 15) is 4.79 Å². The first-order valence-corrected chi connectivity index (χ1v) is 3.53. The monoisotopic (exact) mass is 167 g/mol. The molecule has 1 N–H and O–H groups in total. The van der Waals surface area contributed by atoms with E-state index in [2.05, 4.69) is 19.9 Å². The summed E-state index contributed by atoms with van der Waals surface area (Å²) in [5.74, 6) is -0.130. The lowest BCUT2D eigenvalue weighted by Crippen LogP contribution is -2.15. The molecule has 0 aromatic carbocycles. The molecular weight excluding hydrogens is 158 g/mol. The van der Waals surface area contributed by atoms with Gasteiger partial charge in [0.25, 0.3) is 0 Å². The molecule has 0 fully saturated rings. The van der Waals surface area contributed by atoms with Crippen LogP contribution in [0, 0.1) is 0 Å². The van der Waals surface area contributed by atoms with E-state index in [0.29, 0.717) is 12.1 Å². The summed E-state index contributed by atoms with van der Waals surface area (Å²) < 4.78 is 4.68. The van der Waals surface area contributed by atoms with Gasteiger partial charge in [0.1, 0.15) is 12.0 Å². The molecule has 0 bridgehead atoms. The largest absolute Gasteiger partial charge is 0.451 e. The van der Waals surface area contributed by atoms with E-state index in [1.807, 2.05) is 0 Å². The number of hydrazone groups is 1. The number of hydrogen-bond donors (Lipinski definition) is 1. The predicted octanol–water partition coefficient (Wildman–Crippen LogP) is 0.535. The topological polar surface area (TPSA) is 67.5 Å². The standard InChI is InChI=1S/C7H9N3O2/c1-2-7(11)10-9-3-6-4-12-5-8-6/h3-5H,2H2,1H3,(H,10,11)/b9-3+. The average Bonchev–Trinajstić information content (AvgIpc) is 2.57. The molecule has 1 rings (SSSR count). The molecule has 0 radical (unpaired) electrons. The highest BCUT2D eigenvalue weighted by atomic mass is 16.3. The van der Waals surface area contributed by atoms with Crippen molar-refractivity contribution in [3.63, 3.8) is 0 Å². The normalized spacial score (nSPS) is 10.4. The number of amides is 1. The van der Waals surface area contributed by atoms with Gasteiger partial charge in [-0.2, -0.15) is 5.10 Å². The van der Waals surface area contributed by atoms with Gasteiger partial charge in [-0.25, -0.2) is 10.4 Å². The molecule has 1 aromatic heterocycles. The summed E-state index contributed by atoms with van der Waals surface area (Å²) in [5.41, 5.74) is 2.89. The van der Waals surface area contributed by atoms with Gasteiger partial charge in [0.05, 0.1) is 6.21 Å². The molecule has 0 aliphatic carbocycles. The van der Waals surface area contributed by atoms with Crippen molar-refractivity contribution >= 4 is 12.1 Å². The van der Waals surface area contributed by atoms with E-state index in [-0.39, 0.29) is 5.91 Å². The number of rotatable bonds is 3. The van der Waals surface area contributed by atoms with Gasteiger partial charge in [-0.1, -0.05) is 6.92 Å². The quantitative estimate of drug-likeness (QED) is 0.527. The minimum atomic E-state index is -0.130. The van der Waals surface area contributed by atoms with Gasteiger partial charge >= 0.3 is 0 Å². The summed E-state index contributed by atoms with van der Waals surface area (Å²) in [5, 5.41) is 3.64. The van der Waals surface area contributed by atoms with Crippen LogP contribution >= 0.6 is 0 Å². The molecule has 0 atom stereocenters. The Morgan fingerprint density at radius 3 is 3.33 bits per heavy atom. The van der Waals surface area contributed by atoms with Crippen LogP contribution in [0.1, 0.15) is 19.0 Å². The Morgan fingerprint density at radius 2 is 2.75 bits per heavy atom. The fraction of sp³-hybridized carbons (Fsp3) is 0.286. The number of aromatic nitrogens is 1. The van der Waals surface area contributed by atoms with Gasteiger partial charge in [-0.05, 0) is 0 Å². The van der Waals surface area contributed by atoms with Crippen LogP contribution in [0.3, 0.4) is 0 Å². The Bertz CT molecular complexity index is 266. The molecule has 0 aliphatic heterocycles. The highest BCUT2D eigenvalue weighted by molar-refractivity contribution is 5.80. The third-order valence-corrected chi connectivity index (χ3v) is 1.16. The zero-order valence-electron chi connectivity index (χ0n) is 6.65. The van der Waals surface area contributed by atoms with Gasteiger partial charge in [0, 0.05) is 6.42 Å². The highest BCUT2D eigenvalue weighted by Gasteiger charge is 1.92. The van der Waals surface area contributed by atoms with Crippen molar-refractivity contribution in [2.24, 2.45) is 5.10 Å². The molecule has 0 aliphatic rings. The summed E-state index contributed by atoms with van der Waals surface area (Å²) in [6, 6.07) is 0. The molecule has 0 spiro atoms. The van der Waals surface area contributed by atoms with E-state index in [0.717, 1.165) is 0 Å². The van der Waals surface area contributed by atoms with Crippen LogP contribution in [0.25, 0.3) is 0 Å². The maximum Gasteiger partial charge on any atom is 0.239 e. The van der Waals surface area contributed by atoms with Gasteiger partial charge < -0.3 is 4.42 Å². The first kappa shape index (κ1) is 8.45. The average molecular weight is 167 g/mol. The summed E-state index contributed by atoms with van der Waals surface area (Å²) in [6.07, 6.45) is 4.55. The second-order valence-electron chi connectivity index (χ2n) is 2.06. The minimum Gasteiger partial charge on any atom is -0.451 e. The highest BCUT2D eigenvalue weighted by Crippen LogP contribution is 1.87. The Balaban J connectivity index is 2.37. The molecule has 0 unspecified atom stereocenters. The van der Waals surface area contributed by atoms with E-state index in [1.165, 1.54) is 18.9 Å². The van der Waals surface area contributed by atoms with Crippen molar-refractivity contribution in [1.82, 2.24) is 10.4 Å². The lowest BCUT2D eigenvalue weighted by molar-refractivity contribution is -0.120. The van der Waals surface area contributed by atoms with E-state index in [4.69, 9.17) is 0 Å². The third-order valence-electron chi connectivity index (χ3n) is 1.16. The van der Waals surface area contributed by atoms with E-state index >= 15 is 0 Å². The predicted molar refractivity (Wildman–Crippen MR) is 42.5 cm³/mol. The lowest BCUT2D eigenvalue weighted by atomic mass is 10.5.